The topological polar surface area (TPSA) is 93.4 Å². The van der Waals surface area contributed by atoms with Gasteiger partial charge < -0.3 is 0 Å². The molecule has 144 valence electrons. The van der Waals surface area contributed by atoms with Gasteiger partial charge in [-0.1, -0.05) is 41.4 Å². The summed E-state index contributed by atoms with van der Waals surface area (Å²) in [4.78, 5) is 12.0. The average Bonchev–Trinajstić information content (AvgIpc) is 3.10. The number of carbonyl (C=O) groups excluding carboxylic acids is 1. The van der Waals surface area contributed by atoms with Crippen molar-refractivity contribution in [3.8, 4) is 0 Å². The van der Waals surface area contributed by atoms with Crippen molar-refractivity contribution >= 4 is 33.6 Å². The molecule has 1 saturated heterocycles. The Morgan fingerprint density at radius 3 is 2.70 bits per heavy atom. The van der Waals surface area contributed by atoms with Crippen molar-refractivity contribution < 1.29 is 13.2 Å². The first kappa shape index (κ1) is 19.6. The summed E-state index contributed by atoms with van der Waals surface area (Å²) in [6.07, 6.45) is 1.77. The summed E-state index contributed by atoms with van der Waals surface area (Å²) in [6, 6.07) is 8.10. The zero-order valence-corrected chi connectivity index (χ0v) is 16.7. The summed E-state index contributed by atoms with van der Waals surface area (Å²) >= 11 is 6.41. The van der Waals surface area contributed by atoms with Gasteiger partial charge in [0.15, 0.2) is 9.84 Å². The van der Waals surface area contributed by atoms with Crippen LogP contribution in [0.5, 0.6) is 0 Å². The van der Waals surface area contributed by atoms with E-state index >= 15 is 0 Å². The standard InChI is InChI=1S/C18H21ClN4O3S/c1-12-3-5-14(6-4-12)10-23-17(19)16(13(2)22-23)9-20-21-18(24)15-7-8-27(25,26)11-15/h3-6,9,15H,7-8,10-11H2,1-2H3,(H,21,24)/b20-9-/t15-/m0/s1. The molecule has 2 aromatic rings. The van der Waals surface area contributed by atoms with Crippen LogP contribution in [0.15, 0.2) is 29.4 Å². The van der Waals surface area contributed by atoms with E-state index in [4.69, 9.17) is 11.6 Å². The Bertz CT molecular complexity index is 981. The molecule has 9 heteroatoms. The van der Waals surface area contributed by atoms with Crippen LogP contribution < -0.4 is 5.43 Å². The molecule has 1 fully saturated rings. The van der Waals surface area contributed by atoms with Gasteiger partial charge in [0, 0.05) is 0 Å². The van der Waals surface area contributed by atoms with Crippen molar-refractivity contribution in [1.29, 1.82) is 0 Å². The lowest BCUT2D eigenvalue weighted by atomic mass is 10.1. The lowest BCUT2D eigenvalue weighted by molar-refractivity contribution is -0.124. The van der Waals surface area contributed by atoms with E-state index in [1.165, 1.54) is 11.8 Å². The van der Waals surface area contributed by atoms with Crippen molar-refractivity contribution in [3.63, 3.8) is 0 Å². The number of halogens is 1. The van der Waals surface area contributed by atoms with Gasteiger partial charge >= 0.3 is 0 Å². The molecule has 1 N–H and O–H groups in total. The maximum absolute atomic E-state index is 12.0. The van der Waals surface area contributed by atoms with Crippen LogP contribution in [0, 0.1) is 19.8 Å². The molecule has 0 saturated carbocycles. The second-order valence-corrected chi connectivity index (χ2v) is 9.35. The molecule has 1 aliphatic rings. The third-order valence-corrected chi connectivity index (χ3v) is 6.70. The summed E-state index contributed by atoms with van der Waals surface area (Å²) in [6.45, 7) is 4.36. The van der Waals surface area contributed by atoms with Crippen LogP contribution in [0.25, 0.3) is 0 Å². The minimum atomic E-state index is -3.11. The second kappa shape index (κ2) is 7.82. The summed E-state index contributed by atoms with van der Waals surface area (Å²) in [5.41, 5.74) is 5.96. The maximum Gasteiger partial charge on any atom is 0.244 e. The van der Waals surface area contributed by atoms with E-state index in [1.54, 1.807) is 4.68 Å². The molecule has 0 unspecified atom stereocenters. The number of rotatable bonds is 5. The maximum atomic E-state index is 12.0. The molecule has 0 spiro atoms. The number of sulfone groups is 1. The largest absolute Gasteiger partial charge is 0.273 e. The number of aromatic nitrogens is 2. The number of nitrogens with zero attached hydrogens (tertiary/aromatic N) is 3. The van der Waals surface area contributed by atoms with Crippen molar-refractivity contribution in [2.45, 2.75) is 26.8 Å². The third-order valence-electron chi connectivity index (χ3n) is 4.53. The Labute approximate surface area is 163 Å². The molecular formula is C18H21ClN4O3S. The van der Waals surface area contributed by atoms with Gasteiger partial charge in [-0.15, -0.1) is 0 Å². The summed E-state index contributed by atoms with van der Waals surface area (Å²) in [5, 5.41) is 8.78. The van der Waals surface area contributed by atoms with Crippen LogP contribution in [-0.2, 0) is 21.2 Å². The highest BCUT2D eigenvalue weighted by molar-refractivity contribution is 7.91. The molecule has 3 rings (SSSR count). The number of benzene rings is 1. The number of hydrazone groups is 1. The fraction of sp³-hybridized carbons (Fsp3) is 0.389. The Morgan fingerprint density at radius 2 is 2.07 bits per heavy atom. The Morgan fingerprint density at radius 1 is 1.37 bits per heavy atom. The van der Waals surface area contributed by atoms with Gasteiger partial charge in [0.25, 0.3) is 0 Å². The first-order valence-corrected chi connectivity index (χ1v) is 10.8. The van der Waals surface area contributed by atoms with Crippen molar-refractivity contribution in [2.75, 3.05) is 11.5 Å². The number of carbonyl (C=O) groups is 1. The van der Waals surface area contributed by atoms with Gasteiger partial charge in [0.2, 0.25) is 5.91 Å². The predicted molar refractivity (Wildman–Crippen MR) is 105 cm³/mol. The monoisotopic (exact) mass is 408 g/mol. The lowest BCUT2D eigenvalue weighted by Crippen LogP contribution is -2.27. The minimum Gasteiger partial charge on any atom is -0.273 e. The normalized spacial score (nSPS) is 18.9. The highest BCUT2D eigenvalue weighted by atomic mass is 35.5. The SMILES string of the molecule is Cc1ccc(Cn2nc(C)c(/C=N\NC(=O)[C@H]3CCS(=O)(=O)C3)c2Cl)cc1. The fourth-order valence-corrected chi connectivity index (χ4v) is 4.96. The highest BCUT2D eigenvalue weighted by Gasteiger charge is 2.32. The first-order chi connectivity index (χ1) is 12.7. The molecule has 1 atom stereocenters. The van der Waals surface area contributed by atoms with Crippen molar-refractivity contribution in [3.05, 3.63) is 51.8 Å². The molecule has 7 nitrogen and oxygen atoms in total. The Kier molecular flexibility index (Phi) is 5.67. The summed E-state index contributed by atoms with van der Waals surface area (Å²) < 4.78 is 24.6. The van der Waals surface area contributed by atoms with Gasteiger partial charge in [-0.25, -0.2) is 18.5 Å². The quantitative estimate of drug-likeness (QED) is 0.605. The van der Waals surface area contributed by atoms with E-state index in [2.05, 4.69) is 15.6 Å². The molecule has 1 amide bonds. The van der Waals surface area contributed by atoms with Crippen molar-refractivity contribution in [2.24, 2.45) is 11.0 Å². The van der Waals surface area contributed by atoms with Gasteiger partial charge in [-0.3, -0.25) is 4.79 Å². The van der Waals surface area contributed by atoms with Crippen molar-refractivity contribution in [1.82, 2.24) is 15.2 Å². The van der Waals surface area contributed by atoms with Gasteiger partial charge in [-0.05, 0) is 25.8 Å². The van der Waals surface area contributed by atoms with Crippen LogP contribution >= 0.6 is 11.6 Å². The van der Waals surface area contributed by atoms with Crippen LogP contribution in [-0.4, -0.2) is 41.8 Å². The number of amides is 1. The zero-order valence-electron chi connectivity index (χ0n) is 15.1. The Balaban J connectivity index is 1.66. The zero-order chi connectivity index (χ0) is 19.6. The smallest absolute Gasteiger partial charge is 0.244 e. The molecule has 0 radical (unpaired) electrons. The molecule has 1 aromatic heterocycles. The first-order valence-electron chi connectivity index (χ1n) is 8.57. The summed E-state index contributed by atoms with van der Waals surface area (Å²) in [7, 11) is -3.11. The van der Waals surface area contributed by atoms with Gasteiger partial charge in [0.05, 0.1) is 41.4 Å². The molecular weight excluding hydrogens is 388 g/mol. The van der Waals surface area contributed by atoms with Crippen LogP contribution in [0.2, 0.25) is 5.15 Å². The minimum absolute atomic E-state index is 0.0471. The van der Waals surface area contributed by atoms with E-state index in [1.807, 2.05) is 38.1 Å². The van der Waals surface area contributed by atoms with Crippen LogP contribution in [0.4, 0.5) is 0 Å². The number of nitrogens with one attached hydrogen (secondary N) is 1. The number of hydrogen-bond acceptors (Lipinski definition) is 5. The molecule has 1 aromatic carbocycles. The van der Waals surface area contributed by atoms with Crippen LogP contribution in [0.1, 0.15) is 28.8 Å². The number of aryl methyl sites for hydroxylation is 2. The molecule has 27 heavy (non-hydrogen) atoms. The van der Waals surface area contributed by atoms with E-state index in [0.717, 1.165) is 5.56 Å². The number of hydrogen-bond donors (Lipinski definition) is 1. The molecule has 1 aliphatic heterocycles. The van der Waals surface area contributed by atoms with Gasteiger partial charge in [-0.2, -0.15) is 10.2 Å². The fourth-order valence-electron chi connectivity index (χ4n) is 2.94. The Hall–Kier alpha value is -2.19. The van der Waals surface area contributed by atoms with E-state index < -0.39 is 21.7 Å². The van der Waals surface area contributed by atoms with E-state index in [9.17, 15) is 13.2 Å². The van der Waals surface area contributed by atoms with Crippen LogP contribution in [0.3, 0.4) is 0 Å². The second-order valence-electron chi connectivity index (χ2n) is 6.77. The molecule has 0 bridgehead atoms. The lowest BCUT2D eigenvalue weighted by Gasteiger charge is -2.05. The van der Waals surface area contributed by atoms with E-state index in [-0.39, 0.29) is 11.5 Å². The molecule has 2 heterocycles. The summed E-state index contributed by atoms with van der Waals surface area (Å²) in [5.74, 6) is -1.02. The predicted octanol–water partition coefficient (Wildman–Crippen LogP) is 2.09. The van der Waals surface area contributed by atoms with E-state index in [0.29, 0.717) is 29.4 Å². The van der Waals surface area contributed by atoms with Gasteiger partial charge in [0.1, 0.15) is 5.15 Å². The third kappa shape index (κ3) is 4.75. The average molecular weight is 409 g/mol. The molecule has 0 aliphatic carbocycles. The highest BCUT2D eigenvalue weighted by Crippen LogP contribution is 2.20.